The number of carbonyl (C=O) groups excluding carboxylic acids is 1. The van der Waals surface area contributed by atoms with Gasteiger partial charge in [0.25, 0.3) is 5.91 Å². The van der Waals surface area contributed by atoms with E-state index in [0.29, 0.717) is 28.3 Å². The number of phenolic OH excluding ortho intramolecular Hbond substituents is 1. The summed E-state index contributed by atoms with van der Waals surface area (Å²) in [6, 6.07) is 14.3. The number of aryl methyl sites for hydroxylation is 1. The summed E-state index contributed by atoms with van der Waals surface area (Å²) in [4.78, 5) is 21.7. The number of pyridine rings is 2. The predicted octanol–water partition coefficient (Wildman–Crippen LogP) is 4.06. The lowest BCUT2D eigenvalue weighted by atomic mass is 9.97. The Morgan fingerprint density at radius 2 is 1.74 bits per heavy atom. The molecule has 0 saturated heterocycles. The first-order valence-corrected chi connectivity index (χ1v) is 11.6. The number of rotatable bonds is 7. The molecule has 7 nitrogen and oxygen atoms in total. The van der Waals surface area contributed by atoms with Crippen molar-refractivity contribution in [3.05, 3.63) is 118 Å². The Bertz CT molecular complexity index is 1500. The molecule has 192 valence electrons. The van der Waals surface area contributed by atoms with E-state index in [2.05, 4.69) is 27.1 Å². The molecule has 4 aromatic rings. The highest BCUT2D eigenvalue weighted by Gasteiger charge is 2.22. The number of nitrogens with zero attached hydrogens (tertiary/aromatic N) is 2. The van der Waals surface area contributed by atoms with E-state index in [1.54, 1.807) is 25.1 Å². The Morgan fingerprint density at radius 1 is 1.00 bits per heavy atom. The van der Waals surface area contributed by atoms with Crippen molar-refractivity contribution < 1.29 is 28.5 Å². The molecule has 0 saturated carbocycles. The maximum absolute atomic E-state index is 14.0. The van der Waals surface area contributed by atoms with Gasteiger partial charge in [-0.15, -0.1) is 0 Å². The van der Waals surface area contributed by atoms with Gasteiger partial charge < -0.3 is 20.3 Å². The normalized spacial score (nSPS) is 11.3. The molecule has 0 unspecified atom stereocenters. The highest BCUT2D eigenvalue weighted by Crippen LogP contribution is 2.30. The maximum Gasteiger partial charge on any atom is 0.270 e. The molecule has 0 aliphatic heterocycles. The Balaban J connectivity index is 1.60. The second-order valence-electron chi connectivity index (χ2n) is 8.25. The topological polar surface area (TPSA) is 105 Å². The van der Waals surface area contributed by atoms with Gasteiger partial charge in [-0.3, -0.25) is 4.79 Å². The number of hydrogen-bond acceptors (Lipinski definition) is 6. The van der Waals surface area contributed by atoms with E-state index in [1.807, 2.05) is 0 Å². The van der Waals surface area contributed by atoms with Crippen LogP contribution < -0.4 is 10.1 Å². The highest BCUT2D eigenvalue weighted by atomic mass is 19.1. The van der Waals surface area contributed by atoms with E-state index < -0.39 is 23.6 Å². The molecule has 0 aliphatic rings. The molecule has 0 spiro atoms. The average Bonchev–Trinajstić information content (AvgIpc) is 2.91. The lowest BCUT2D eigenvalue weighted by molar-refractivity contribution is 0.0937. The number of hydrogen-bond donors (Lipinski definition) is 3. The molecule has 38 heavy (non-hydrogen) atoms. The number of phenols is 1. The summed E-state index contributed by atoms with van der Waals surface area (Å²) in [7, 11) is 0. The number of ether oxygens (including phenoxy) is 1. The number of benzene rings is 2. The molecule has 9 heteroatoms. The fraction of sp³-hybridized carbons (Fsp3) is 0.138. The largest absolute Gasteiger partial charge is 0.508 e. The van der Waals surface area contributed by atoms with Gasteiger partial charge in [-0.1, -0.05) is 24.0 Å². The van der Waals surface area contributed by atoms with Crippen molar-refractivity contribution in [2.45, 2.75) is 13.0 Å². The lowest BCUT2D eigenvalue weighted by Crippen LogP contribution is -2.30. The molecule has 2 heterocycles. The number of aromatic nitrogens is 2. The fourth-order valence-corrected chi connectivity index (χ4v) is 3.65. The maximum atomic E-state index is 14.0. The van der Waals surface area contributed by atoms with Crippen LogP contribution in [0.1, 0.15) is 44.5 Å². The van der Waals surface area contributed by atoms with Crippen molar-refractivity contribution in [3.8, 4) is 23.5 Å². The monoisotopic (exact) mass is 515 g/mol. The summed E-state index contributed by atoms with van der Waals surface area (Å²) in [5, 5.41) is 22.0. The smallest absolute Gasteiger partial charge is 0.270 e. The zero-order valence-corrected chi connectivity index (χ0v) is 20.3. The van der Waals surface area contributed by atoms with Gasteiger partial charge in [-0.2, -0.15) is 0 Å². The zero-order valence-electron chi connectivity index (χ0n) is 20.3. The number of amides is 1. The molecule has 3 N–H and O–H groups in total. The van der Waals surface area contributed by atoms with Crippen molar-refractivity contribution in [3.63, 3.8) is 0 Å². The van der Waals surface area contributed by atoms with Crippen LogP contribution in [0.2, 0.25) is 0 Å². The molecule has 0 bridgehead atoms. The first-order chi connectivity index (χ1) is 18.3. The third-order valence-corrected chi connectivity index (χ3v) is 5.39. The van der Waals surface area contributed by atoms with E-state index >= 15 is 0 Å². The molecule has 0 radical (unpaired) electrons. The van der Waals surface area contributed by atoms with Crippen LogP contribution in [0, 0.1) is 30.4 Å². The van der Waals surface area contributed by atoms with Crippen LogP contribution in [-0.4, -0.2) is 39.3 Å². The number of halogens is 2. The summed E-state index contributed by atoms with van der Waals surface area (Å²) in [5.41, 5.74) is 2.28. The molecule has 0 aliphatic carbocycles. The molecular weight excluding hydrogens is 492 g/mol. The van der Waals surface area contributed by atoms with E-state index in [9.17, 15) is 18.7 Å². The minimum atomic E-state index is -0.978. The Kier molecular flexibility index (Phi) is 8.26. The number of nitrogens with one attached hydrogen (secondary N) is 1. The van der Waals surface area contributed by atoms with Crippen LogP contribution in [-0.2, 0) is 0 Å². The van der Waals surface area contributed by atoms with Crippen molar-refractivity contribution >= 4 is 5.91 Å². The molecule has 1 amide bonds. The van der Waals surface area contributed by atoms with Crippen LogP contribution in [0.15, 0.2) is 72.9 Å². The predicted molar refractivity (Wildman–Crippen MR) is 136 cm³/mol. The fourth-order valence-electron chi connectivity index (χ4n) is 3.65. The Hall–Kier alpha value is -4.81. The molecule has 0 fully saturated rings. The third kappa shape index (κ3) is 6.69. The van der Waals surface area contributed by atoms with E-state index in [1.165, 1.54) is 42.6 Å². The molecule has 2 aromatic carbocycles. The summed E-state index contributed by atoms with van der Waals surface area (Å²) in [6.45, 7) is 1.74. The first kappa shape index (κ1) is 26.3. The van der Waals surface area contributed by atoms with Crippen LogP contribution >= 0.6 is 0 Å². The minimum Gasteiger partial charge on any atom is -0.508 e. The quantitative estimate of drug-likeness (QED) is 0.321. The van der Waals surface area contributed by atoms with Gasteiger partial charge in [0.1, 0.15) is 29.7 Å². The van der Waals surface area contributed by atoms with Gasteiger partial charge in [-0.25, -0.2) is 18.7 Å². The van der Waals surface area contributed by atoms with Crippen molar-refractivity contribution in [1.82, 2.24) is 15.3 Å². The van der Waals surface area contributed by atoms with Crippen molar-refractivity contribution in [2.75, 3.05) is 13.2 Å². The highest BCUT2D eigenvalue weighted by molar-refractivity contribution is 5.93. The van der Waals surface area contributed by atoms with Gasteiger partial charge in [0.2, 0.25) is 5.88 Å². The SMILES string of the molecule is Cc1cc(C#Cc2ccc(OCCO)nc2)cc(C(=O)N[C@@H](c2ccc(F)cc2)c2cc(F)ccc2O)n1. The summed E-state index contributed by atoms with van der Waals surface area (Å²) >= 11 is 0. The van der Waals surface area contributed by atoms with Gasteiger partial charge in [0.05, 0.1) is 12.6 Å². The van der Waals surface area contributed by atoms with Crippen molar-refractivity contribution in [1.29, 1.82) is 0 Å². The van der Waals surface area contributed by atoms with Gasteiger partial charge in [0.15, 0.2) is 0 Å². The molecule has 1 atom stereocenters. The van der Waals surface area contributed by atoms with E-state index in [-0.39, 0.29) is 30.2 Å². The second kappa shape index (κ2) is 12.0. The van der Waals surface area contributed by atoms with E-state index in [0.717, 1.165) is 12.1 Å². The van der Waals surface area contributed by atoms with Crippen LogP contribution in [0.5, 0.6) is 11.6 Å². The number of aliphatic hydroxyl groups excluding tert-OH is 1. The van der Waals surface area contributed by atoms with Gasteiger partial charge in [0, 0.05) is 34.6 Å². The summed E-state index contributed by atoms with van der Waals surface area (Å²) in [5.74, 6) is 4.40. The van der Waals surface area contributed by atoms with Crippen LogP contribution in [0.3, 0.4) is 0 Å². The second-order valence-corrected chi connectivity index (χ2v) is 8.25. The van der Waals surface area contributed by atoms with E-state index in [4.69, 9.17) is 9.84 Å². The lowest BCUT2D eigenvalue weighted by Gasteiger charge is -2.21. The van der Waals surface area contributed by atoms with Gasteiger partial charge in [-0.05, 0) is 61.0 Å². The average molecular weight is 516 g/mol. The minimum absolute atomic E-state index is 0.0585. The number of carbonyl (C=O) groups is 1. The zero-order chi connectivity index (χ0) is 27.1. The van der Waals surface area contributed by atoms with Crippen molar-refractivity contribution in [2.24, 2.45) is 0 Å². The Morgan fingerprint density at radius 3 is 2.45 bits per heavy atom. The Labute approximate surface area is 217 Å². The molecular formula is C29H23F2N3O4. The number of aromatic hydroxyl groups is 1. The molecule has 2 aromatic heterocycles. The van der Waals surface area contributed by atoms with Crippen LogP contribution in [0.25, 0.3) is 0 Å². The summed E-state index contributed by atoms with van der Waals surface area (Å²) in [6.07, 6.45) is 1.53. The summed E-state index contributed by atoms with van der Waals surface area (Å²) < 4.78 is 32.8. The first-order valence-electron chi connectivity index (χ1n) is 11.6. The van der Waals surface area contributed by atoms with Crippen LogP contribution in [0.4, 0.5) is 8.78 Å². The molecule has 4 rings (SSSR count). The standard InChI is InChI=1S/C29H23F2N3O4/c1-18-14-20(3-2-19-4-11-27(32-17-19)38-13-12-35)15-25(33-18)29(37)34-28(21-5-7-22(30)8-6-21)24-16-23(31)9-10-26(24)36/h4-11,14-17,28,35-36H,12-13H2,1H3,(H,34,37)/t28-/m0/s1. The van der Waals surface area contributed by atoms with Gasteiger partial charge >= 0.3 is 0 Å². The number of aliphatic hydroxyl groups is 1. The third-order valence-electron chi connectivity index (χ3n) is 5.39.